The second-order valence-electron chi connectivity index (χ2n) is 4.42. The van der Waals surface area contributed by atoms with E-state index in [9.17, 15) is 13.2 Å². The number of carbonyl (C=O) groups is 1. The number of carboxylic acids is 1. The van der Waals surface area contributed by atoms with E-state index in [1.54, 1.807) is 36.7 Å². The Morgan fingerprint density at radius 2 is 2.19 bits per heavy atom. The molecule has 0 aromatic carbocycles. The van der Waals surface area contributed by atoms with Crippen LogP contribution in [-0.2, 0) is 16.4 Å². The van der Waals surface area contributed by atoms with Gasteiger partial charge in [-0.05, 0) is 30.0 Å². The Hall–Kier alpha value is -1.93. The number of aromatic carboxylic acids is 1. The predicted molar refractivity (Wildman–Crippen MR) is 81.4 cm³/mol. The van der Waals surface area contributed by atoms with E-state index < -0.39 is 16.0 Å². The van der Waals surface area contributed by atoms with E-state index in [-0.39, 0.29) is 22.7 Å². The van der Waals surface area contributed by atoms with Crippen molar-refractivity contribution in [2.75, 3.05) is 10.5 Å². The van der Waals surface area contributed by atoms with Crippen LogP contribution in [0.4, 0.5) is 5.69 Å². The zero-order valence-corrected chi connectivity index (χ0v) is 12.9. The predicted octanol–water partition coefficient (Wildman–Crippen LogP) is 2.13. The molecule has 0 unspecified atom stereocenters. The summed E-state index contributed by atoms with van der Waals surface area (Å²) in [5.74, 6) is -1.30. The van der Waals surface area contributed by atoms with Gasteiger partial charge in [-0.1, -0.05) is 6.07 Å². The molecule has 0 radical (unpaired) electrons. The lowest BCUT2D eigenvalue weighted by Crippen LogP contribution is -2.20. The van der Waals surface area contributed by atoms with Gasteiger partial charge in [0.05, 0.1) is 11.4 Å². The van der Waals surface area contributed by atoms with E-state index in [1.807, 2.05) is 0 Å². The van der Waals surface area contributed by atoms with Crippen LogP contribution < -0.4 is 4.72 Å². The first-order chi connectivity index (χ1) is 9.89. The second kappa shape index (κ2) is 6.23. The van der Waals surface area contributed by atoms with Crippen molar-refractivity contribution in [1.29, 1.82) is 0 Å². The van der Waals surface area contributed by atoms with Crippen molar-refractivity contribution >= 4 is 33.0 Å². The Morgan fingerprint density at radius 1 is 1.43 bits per heavy atom. The Morgan fingerprint density at radius 3 is 2.81 bits per heavy atom. The van der Waals surface area contributed by atoms with Crippen LogP contribution in [-0.4, -0.2) is 30.2 Å². The van der Waals surface area contributed by atoms with Crippen molar-refractivity contribution in [3.8, 4) is 0 Å². The van der Waals surface area contributed by atoms with E-state index >= 15 is 0 Å². The van der Waals surface area contributed by atoms with Crippen LogP contribution in [0.3, 0.4) is 0 Å². The molecule has 0 aliphatic carbocycles. The maximum Gasteiger partial charge on any atom is 0.348 e. The summed E-state index contributed by atoms with van der Waals surface area (Å²) in [6.45, 7) is 1.67. The summed E-state index contributed by atoms with van der Waals surface area (Å²) in [7, 11) is -3.63. The molecule has 0 saturated heterocycles. The number of aromatic nitrogens is 1. The smallest absolute Gasteiger partial charge is 0.348 e. The molecule has 0 spiro atoms. The Kier molecular flexibility index (Phi) is 4.59. The molecule has 0 aliphatic rings. The SMILES string of the molecule is Cc1csc(C(=O)O)c1NS(=O)(=O)CCc1ccccn1. The van der Waals surface area contributed by atoms with Gasteiger partial charge in [-0.2, -0.15) is 0 Å². The van der Waals surface area contributed by atoms with Crippen molar-refractivity contribution in [3.05, 3.63) is 45.9 Å². The lowest BCUT2D eigenvalue weighted by molar-refractivity contribution is 0.0703. The molecule has 2 aromatic heterocycles. The van der Waals surface area contributed by atoms with Crippen LogP contribution in [0.1, 0.15) is 20.9 Å². The molecule has 0 fully saturated rings. The van der Waals surface area contributed by atoms with E-state index in [1.165, 1.54) is 0 Å². The average molecular weight is 326 g/mol. The highest BCUT2D eigenvalue weighted by Gasteiger charge is 2.20. The van der Waals surface area contributed by atoms with E-state index in [0.29, 0.717) is 11.3 Å². The third-order valence-corrected chi connectivity index (χ3v) is 5.12. The van der Waals surface area contributed by atoms with Crippen LogP contribution in [0.2, 0.25) is 0 Å². The molecule has 2 rings (SSSR count). The molecule has 0 saturated carbocycles. The van der Waals surface area contributed by atoms with Gasteiger partial charge in [0.2, 0.25) is 10.0 Å². The van der Waals surface area contributed by atoms with E-state index in [0.717, 1.165) is 11.3 Å². The first-order valence-electron chi connectivity index (χ1n) is 6.11. The van der Waals surface area contributed by atoms with Gasteiger partial charge < -0.3 is 5.11 Å². The largest absolute Gasteiger partial charge is 0.477 e. The quantitative estimate of drug-likeness (QED) is 0.847. The number of anilines is 1. The Labute approximate surface area is 126 Å². The van der Waals surface area contributed by atoms with Gasteiger partial charge in [-0.15, -0.1) is 11.3 Å². The maximum atomic E-state index is 12.1. The summed E-state index contributed by atoms with van der Waals surface area (Å²) in [5, 5.41) is 10.7. The molecule has 0 bridgehead atoms. The van der Waals surface area contributed by atoms with Gasteiger partial charge in [0.1, 0.15) is 4.88 Å². The number of pyridine rings is 1. The standard InChI is InChI=1S/C13H14N2O4S2/c1-9-8-20-12(13(16)17)11(9)15-21(18,19)7-5-10-4-2-3-6-14-10/h2-4,6,8,15H,5,7H2,1H3,(H,16,17). The molecule has 2 heterocycles. The highest BCUT2D eigenvalue weighted by molar-refractivity contribution is 7.92. The Bertz CT molecular complexity index is 739. The lowest BCUT2D eigenvalue weighted by Gasteiger charge is -2.08. The highest BCUT2D eigenvalue weighted by atomic mass is 32.2. The summed E-state index contributed by atoms with van der Waals surface area (Å²) in [5.41, 5.74) is 1.41. The first kappa shape index (κ1) is 15.5. The minimum absolute atomic E-state index is 0.00564. The summed E-state index contributed by atoms with van der Waals surface area (Å²) in [4.78, 5) is 15.1. The topological polar surface area (TPSA) is 96.4 Å². The second-order valence-corrected chi connectivity index (χ2v) is 7.14. The van der Waals surface area contributed by atoms with Crippen LogP contribution in [0.5, 0.6) is 0 Å². The van der Waals surface area contributed by atoms with Crippen molar-refractivity contribution < 1.29 is 18.3 Å². The van der Waals surface area contributed by atoms with Gasteiger partial charge in [0, 0.05) is 18.3 Å². The van der Waals surface area contributed by atoms with Gasteiger partial charge in [-0.3, -0.25) is 9.71 Å². The zero-order valence-electron chi connectivity index (χ0n) is 11.2. The number of nitrogens with zero attached hydrogens (tertiary/aromatic N) is 1. The summed E-state index contributed by atoms with van der Waals surface area (Å²) in [6.07, 6.45) is 1.86. The number of sulfonamides is 1. The van der Waals surface area contributed by atoms with Crippen molar-refractivity contribution in [1.82, 2.24) is 4.98 Å². The number of hydrogen-bond donors (Lipinski definition) is 2. The minimum Gasteiger partial charge on any atom is -0.477 e. The number of thiophene rings is 1. The normalized spacial score (nSPS) is 11.3. The molecule has 0 amide bonds. The molecule has 112 valence electrons. The molecule has 8 heteroatoms. The fraction of sp³-hybridized carbons (Fsp3) is 0.231. The fourth-order valence-electron chi connectivity index (χ4n) is 1.72. The average Bonchev–Trinajstić information content (AvgIpc) is 2.79. The molecule has 0 atom stereocenters. The molecule has 21 heavy (non-hydrogen) atoms. The monoisotopic (exact) mass is 326 g/mol. The molecule has 2 N–H and O–H groups in total. The van der Waals surface area contributed by atoms with Gasteiger partial charge in [0.15, 0.2) is 0 Å². The first-order valence-corrected chi connectivity index (χ1v) is 8.64. The summed E-state index contributed by atoms with van der Waals surface area (Å²) < 4.78 is 26.5. The number of rotatable bonds is 6. The fourth-order valence-corrected chi connectivity index (χ4v) is 3.78. The number of aryl methyl sites for hydroxylation is 2. The number of hydrogen-bond acceptors (Lipinski definition) is 5. The van der Waals surface area contributed by atoms with Crippen molar-refractivity contribution in [2.45, 2.75) is 13.3 Å². The third-order valence-electron chi connectivity index (χ3n) is 2.78. The van der Waals surface area contributed by atoms with Crippen LogP contribution in [0, 0.1) is 6.92 Å². The van der Waals surface area contributed by atoms with Gasteiger partial charge in [-0.25, -0.2) is 13.2 Å². The Balaban J connectivity index is 2.11. The molecule has 6 nitrogen and oxygen atoms in total. The third kappa shape index (κ3) is 4.02. The minimum atomic E-state index is -3.63. The van der Waals surface area contributed by atoms with Crippen LogP contribution in [0.25, 0.3) is 0 Å². The molecular formula is C13H14N2O4S2. The summed E-state index contributed by atoms with van der Waals surface area (Å²) >= 11 is 1.00. The molecule has 0 aliphatic heterocycles. The summed E-state index contributed by atoms with van der Waals surface area (Å²) in [6, 6.07) is 5.28. The lowest BCUT2D eigenvalue weighted by atomic mass is 10.3. The highest BCUT2D eigenvalue weighted by Crippen LogP contribution is 2.28. The zero-order chi connectivity index (χ0) is 15.5. The van der Waals surface area contributed by atoms with Gasteiger partial charge in [0.25, 0.3) is 0 Å². The number of carboxylic acid groups (broad SMARTS) is 1. The van der Waals surface area contributed by atoms with Crippen molar-refractivity contribution in [2.24, 2.45) is 0 Å². The number of nitrogens with one attached hydrogen (secondary N) is 1. The maximum absolute atomic E-state index is 12.1. The van der Waals surface area contributed by atoms with Gasteiger partial charge >= 0.3 is 5.97 Å². The molecular weight excluding hydrogens is 312 g/mol. The molecule has 2 aromatic rings. The van der Waals surface area contributed by atoms with Crippen LogP contribution >= 0.6 is 11.3 Å². The van der Waals surface area contributed by atoms with Crippen LogP contribution in [0.15, 0.2) is 29.8 Å². The van der Waals surface area contributed by atoms with Crippen molar-refractivity contribution in [3.63, 3.8) is 0 Å². The van der Waals surface area contributed by atoms with E-state index in [4.69, 9.17) is 5.11 Å². The van der Waals surface area contributed by atoms with E-state index in [2.05, 4.69) is 9.71 Å².